The maximum absolute atomic E-state index is 11.7. The summed E-state index contributed by atoms with van der Waals surface area (Å²) in [6.07, 6.45) is 0. The van der Waals surface area contributed by atoms with Crippen molar-refractivity contribution in [1.82, 2.24) is 0 Å². The monoisotopic (exact) mass is 266 g/mol. The number of nitrogens with zero attached hydrogens (tertiary/aromatic N) is 2. The summed E-state index contributed by atoms with van der Waals surface area (Å²) >= 11 is 0. The Labute approximate surface area is 109 Å². The number of carbonyl (C=O) groups excluding carboxylic acids is 1. The van der Waals surface area contributed by atoms with E-state index in [9.17, 15) is 14.9 Å². The van der Waals surface area contributed by atoms with Gasteiger partial charge >= 0.3 is 0 Å². The summed E-state index contributed by atoms with van der Waals surface area (Å²) in [6, 6.07) is 4.49. The molecule has 0 atom stereocenters. The van der Waals surface area contributed by atoms with Crippen molar-refractivity contribution in [2.75, 3.05) is 31.3 Å². The van der Waals surface area contributed by atoms with Crippen LogP contribution in [0.25, 0.3) is 0 Å². The van der Waals surface area contributed by atoms with Crippen LogP contribution in [-0.2, 0) is 9.53 Å². The maximum atomic E-state index is 11.7. The fourth-order valence-corrected chi connectivity index (χ4v) is 1.91. The molecular formula is C12H14N2O5. The second-order valence-electron chi connectivity index (χ2n) is 3.94. The number of nitro benzene ring substituents is 1. The van der Waals surface area contributed by atoms with E-state index in [-0.39, 0.29) is 23.9 Å². The van der Waals surface area contributed by atoms with Gasteiger partial charge in [0.2, 0.25) is 0 Å². The van der Waals surface area contributed by atoms with Gasteiger partial charge in [0.15, 0.2) is 0 Å². The molecule has 2 rings (SSSR count). The second-order valence-corrected chi connectivity index (χ2v) is 3.94. The average Bonchev–Trinajstić information content (AvgIpc) is 2.40. The predicted octanol–water partition coefficient (Wildman–Crippen LogP) is 1.36. The number of benzene rings is 1. The molecule has 0 saturated carbocycles. The first-order valence-corrected chi connectivity index (χ1v) is 5.93. The Morgan fingerprint density at radius 2 is 2.32 bits per heavy atom. The molecule has 1 aromatic carbocycles. The molecule has 7 nitrogen and oxygen atoms in total. The van der Waals surface area contributed by atoms with Gasteiger partial charge in [-0.1, -0.05) is 0 Å². The van der Waals surface area contributed by atoms with Crippen LogP contribution >= 0.6 is 0 Å². The standard InChI is InChI=1S/C12H14N2O5/c1-2-19-9-3-4-10(11(7-9)14(16)17)13-5-6-18-8-12(13)15/h3-4,7H,2,5-6,8H2,1H3. The fourth-order valence-electron chi connectivity index (χ4n) is 1.91. The zero-order chi connectivity index (χ0) is 13.8. The highest BCUT2D eigenvalue weighted by molar-refractivity contribution is 5.97. The van der Waals surface area contributed by atoms with Crippen molar-refractivity contribution in [3.8, 4) is 5.75 Å². The van der Waals surface area contributed by atoms with Gasteiger partial charge in [0.25, 0.3) is 11.6 Å². The van der Waals surface area contributed by atoms with Crippen LogP contribution in [0.1, 0.15) is 6.92 Å². The van der Waals surface area contributed by atoms with Crippen LogP contribution in [0.3, 0.4) is 0 Å². The fraction of sp³-hybridized carbons (Fsp3) is 0.417. The van der Waals surface area contributed by atoms with Gasteiger partial charge in [0.05, 0.1) is 24.2 Å². The van der Waals surface area contributed by atoms with Crippen LogP contribution in [0.2, 0.25) is 0 Å². The van der Waals surface area contributed by atoms with E-state index in [2.05, 4.69) is 0 Å². The molecule has 1 aromatic rings. The second kappa shape index (κ2) is 5.66. The number of hydrogen-bond acceptors (Lipinski definition) is 5. The highest BCUT2D eigenvalue weighted by Crippen LogP contribution is 2.32. The van der Waals surface area contributed by atoms with Gasteiger partial charge in [-0.25, -0.2) is 0 Å². The van der Waals surface area contributed by atoms with Gasteiger partial charge in [-0.15, -0.1) is 0 Å². The van der Waals surface area contributed by atoms with E-state index in [4.69, 9.17) is 9.47 Å². The first-order valence-electron chi connectivity index (χ1n) is 5.93. The van der Waals surface area contributed by atoms with Crippen LogP contribution in [-0.4, -0.2) is 37.2 Å². The first kappa shape index (κ1) is 13.3. The Balaban J connectivity index is 2.38. The van der Waals surface area contributed by atoms with Gasteiger partial charge in [-0.05, 0) is 19.1 Å². The lowest BCUT2D eigenvalue weighted by atomic mass is 10.2. The maximum Gasteiger partial charge on any atom is 0.296 e. The molecule has 1 amide bonds. The smallest absolute Gasteiger partial charge is 0.296 e. The van der Waals surface area contributed by atoms with Crippen molar-refractivity contribution in [2.24, 2.45) is 0 Å². The van der Waals surface area contributed by atoms with Gasteiger partial charge in [0.1, 0.15) is 18.0 Å². The number of amides is 1. The van der Waals surface area contributed by atoms with Crippen LogP contribution in [0.4, 0.5) is 11.4 Å². The Kier molecular flexibility index (Phi) is 3.96. The summed E-state index contributed by atoms with van der Waals surface area (Å²) in [5.41, 5.74) is 0.142. The molecule has 0 aliphatic carbocycles. The van der Waals surface area contributed by atoms with Crippen molar-refractivity contribution in [3.63, 3.8) is 0 Å². The summed E-state index contributed by atoms with van der Waals surface area (Å²) in [4.78, 5) is 23.7. The van der Waals surface area contributed by atoms with Gasteiger partial charge in [-0.3, -0.25) is 14.9 Å². The molecule has 1 aliphatic heterocycles. The van der Waals surface area contributed by atoms with E-state index < -0.39 is 4.92 Å². The topological polar surface area (TPSA) is 81.9 Å². The third-order valence-electron chi connectivity index (χ3n) is 2.73. The molecule has 1 aliphatic rings. The number of morpholine rings is 1. The molecule has 1 saturated heterocycles. The molecular weight excluding hydrogens is 252 g/mol. The van der Waals surface area contributed by atoms with E-state index in [1.165, 1.54) is 17.0 Å². The molecule has 19 heavy (non-hydrogen) atoms. The van der Waals surface area contributed by atoms with E-state index in [1.807, 2.05) is 0 Å². The van der Waals surface area contributed by atoms with E-state index in [0.717, 1.165) is 0 Å². The molecule has 0 spiro atoms. The molecule has 7 heteroatoms. The number of nitro groups is 1. The number of rotatable bonds is 4. The molecule has 0 bridgehead atoms. The summed E-state index contributed by atoms with van der Waals surface area (Å²) in [6.45, 7) is 2.85. The summed E-state index contributed by atoms with van der Waals surface area (Å²) in [7, 11) is 0. The number of anilines is 1. The minimum atomic E-state index is -0.513. The molecule has 0 radical (unpaired) electrons. The van der Waals surface area contributed by atoms with Crippen LogP contribution in [0.5, 0.6) is 5.75 Å². The lowest BCUT2D eigenvalue weighted by Gasteiger charge is -2.26. The minimum absolute atomic E-state index is 0.0512. The van der Waals surface area contributed by atoms with E-state index >= 15 is 0 Å². The normalized spacial score (nSPS) is 15.4. The van der Waals surface area contributed by atoms with Crippen LogP contribution in [0.15, 0.2) is 18.2 Å². The Hall–Kier alpha value is -2.15. The largest absolute Gasteiger partial charge is 0.494 e. The number of hydrogen-bond donors (Lipinski definition) is 0. The predicted molar refractivity (Wildman–Crippen MR) is 67.4 cm³/mol. The summed E-state index contributed by atoms with van der Waals surface area (Å²) in [5.74, 6) is 0.136. The molecule has 1 fully saturated rings. The molecule has 0 aromatic heterocycles. The van der Waals surface area contributed by atoms with Crippen molar-refractivity contribution in [1.29, 1.82) is 0 Å². The first-order chi connectivity index (χ1) is 9.13. The van der Waals surface area contributed by atoms with Crippen molar-refractivity contribution >= 4 is 17.3 Å². The summed E-state index contributed by atoms with van der Waals surface area (Å²) in [5, 5.41) is 11.1. The zero-order valence-corrected chi connectivity index (χ0v) is 10.5. The SMILES string of the molecule is CCOc1ccc(N2CCOCC2=O)c([N+](=O)[O-])c1. The lowest BCUT2D eigenvalue weighted by molar-refractivity contribution is -0.384. The molecule has 0 unspecified atom stereocenters. The molecule has 1 heterocycles. The van der Waals surface area contributed by atoms with E-state index in [0.29, 0.717) is 25.5 Å². The van der Waals surface area contributed by atoms with Gasteiger partial charge in [0, 0.05) is 6.54 Å². The highest BCUT2D eigenvalue weighted by atomic mass is 16.6. The number of ether oxygens (including phenoxy) is 2. The van der Waals surface area contributed by atoms with Crippen molar-refractivity contribution in [3.05, 3.63) is 28.3 Å². The van der Waals surface area contributed by atoms with Crippen LogP contribution < -0.4 is 9.64 Å². The zero-order valence-electron chi connectivity index (χ0n) is 10.5. The quantitative estimate of drug-likeness (QED) is 0.607. The highest BCUT2D eigenvalue weighted by Gasteiger charge is 2.27. The average molecular weight is 266 g/mol. The van der Waals surface area contributed by atoms with Crippen molar-refractivity contribution in [2.45, 2.75) is 6.92 Å². The minimum Gasteiger partial charge on any atom is -0.494 e. The Morgan fingerprint density at radius 1 is 1.53 bits per heavy atom. The Bertz CT molecular complexity index is 503. The van der Waals surface area contributed by atoms with Gasteiger partial charge < -0.3 is 14.4 Å². The third kappa shape index (κ3) is 2.82. The Morgan fingerprint density at radius 3 is 2.95 bits per heavy atom. The summed E-state index contributed by atoms with van der Waals surface area (Å²) < 4.78 is 10.2. The molecule has 102 valence electrons. The van der Waals surface area contributed by atoms with E-state index in [1.54, 1.807) is 13.0 Å². The third-order valence-corrected chi connectivity index (χ3v) is 2.73. The van der Waals surface area contributed by atoms with Crippen molar-refractivity contribution < 1.29 is 19.2 Å². The van der Waals surface area contributed by atoms with Gasteiger partial charge in [-0.2, -0.15) is 0 Å². The number of carbonyl (C=O) groups is 1. The molecule has 0 N–H and O–H groups in total. The van der Waals surface area contributed by atoms with Crippen LogP contribution in [0, 0.1) is 10.1 Å². The lowest BCUT2D eigenvalue weighted by Crippen LogP contribution is -2.41.